The summed E-state index contributed by atoms with van der Waals surface area (Å²) in [4.78, 5) is 22.3. The van der Waals surface area contributed by atoms with Gasteiger partial charge in [0.25, 0.3) is 6.04 Å². The molecule has 102 valence electrons. The summed E-state index contributed by atoms with van der Waals surface area (Å²) in [6.45, 7) is 0.152. The number of likely N-dealkylation sites (tertiary alicyclic amines) is 1. The second-order valence-corrected chi connectivity index (χ2v) is 4.38. The number of carbonyl (C=O) groups is 1. The van der Waals surface area contributed by atoms with Gasteiger partial charge in [0, 0.05) is 4.92 Å². The van der Waals surface area contributed by atoms with Gasteiger partial charge in [0.1, 0.15) is 6.10 Å². The van der Waals surface area contributed by atoms with Crippen LogP contribution in [0.3, 0.4) is 0 Å². The Hall–Kier alpha value is -2.15. The molecule has 1 N–H and O–H groups in total. The molecule has 0 aromatic heterocycles. The lowest BCUT2D eigenvalue weighted by Gasteiger charge is -2.13. The van der Waals surface area contributed by atoms with Gasteiger partial charge in [0.05, 0.1) is 19.7 Å². The second-order valence-electron chi connectivity index (χ2n) is 4.38. The van der Waals surface area contributed by atoms with E-state index >= 15 is 0 Å². The highest BCUT2D eigenvalue weighted by Gasteiger charge is 2.43. The molecule has 1 aliphatic heterocycles. The SMILES string of the molecule is O=C(O)N1CC(OCc2ccccc2)C([N+](=O)[O-])C1. The average Bonchev–Trinajstić information content (AvgIpc) is 2.82. The average molecular weight is 266 g/mol. The van der Waals surface area contributed by atoms with Crippen LogP contribution in [0.4, 0.5) is 4.79 Å². The third-order valence-corrected chi connectivity index (χ3v) is 3.09. The molecule has 2 unspecified atom stereocenters. The van der Waals surface area contributed by atoms with Crippen LogP contribution in [0.2, 0.25) is 0 Å². The van der Waals surface area contributed by atoms with Crippen molar-refractivity contribution in [3.63, 3.8) is 0 Å². The molecular formula is C12H14N2O5. The zero-order chi connectivity index (χ0) is 13.8. The van der Waals surface area contributed by atoms with E-state index in [1.807, 2.05) is 30.3 Å². The summed E-state index contributed by atoms with van der Waals surface area (Å²) in [6.07, 6.45) is -1.86. The van der Waals surface area contributed by atoms with Crippen LogP contribution < -0.4 is 0 Å². The fraction of sp³-hybridized carbons (Fsp3) is 0.417. The molecule has 7 nitrogen and oxygen atoms in total. The second kappa shape index (κ2) is 5.66. The molecule has 1 aromatic carbocycles. The van der Waals surface area contributed by atoms with Crippen molar-refractivity contribution in [2.45, 2.75) is 18.8 Å². The van der Waals surface area contributed by atoms with E-state index in [0.29, 0.717) is 0 Å². The number of rotatable bonds is 4. The zero-order valence-electron chi connectivity index (χ0n) is 10.1. The maximum atomic E-state index is 10.9. The molecule has 1 amide bonds. The third-order valence-electron chi connectivity index (χ3n) is 3.09. The number of nitro groups is 1. The Kier molecular flexibility index (Phi) is 3.96. The molecule has 1 aromatic rings. The van der Waals surface area contributed by atoms with E-state index in [2.05, 4.69) is 0 Å². The van der Waals surface area contributed by atoms with Crippen LogP contribution >= 0.6 is 0 Å². The highest BCUT2D eigenvalue weighted by atomic mass is 16.6. The quantitative estimate of drug-likeness (QED) is 0.653. The molecule has 1 heterocycles. The fourth-order valence-corrected chi connectivity index (χ4v) is 2.06. The van der Waals surface area contributed by atoms with Gasteiger partial charge < -0.3 is 9.84 Å². The molecule has 0 aliphatic carbocycles. The summed E-state index contributed by atoms with van der Waals surface area (Å²) >= 11 is 0. The monoisotopic (exact) mass is 266 g/mol. The van der Waals surface area contributed by atoms with Crippen molar-refractivity contribution in [2.75, 3.05) is 13.1 Å². The van der Waals surface area contributed by atoms with Crippen LogP contribution in [0.25, 0.3) is 0 Å². The van der Waals surface area contributed by atoms with Gasteiger partial charge in [-0.2, -0.15) is 0 Å². The molecule has 19 heavy (non-hydrogen) atoms. The van der Waals surface area contributed by atoms with Crippen molar-refractivity contribution in [1.82, 2.24) is 4.90 Å². The van der Waals surface area contributed by atoms with E-state index in [9.17, 15) is 14.9 Å². The maximum Gasteiger partial charge on any atom is 0.407 e. The van der Waals surface area contributed by atoms with E-state index in [0.717, 1.165) is 10.5 Å². The van der Waals surface area contributed by atoms with Crippen LogP contribution in [-0.2, 0) is 11.3 Å². The first-order valence-electron chi connectivity index (χ1n) is 5.85. The first kappa shape index (κ1) is 13.3. The minimum atomic E-state index is -1.15. The highest BCUT2D eigenvalue weighted by molar-refractivity contribution is 5.65. The molecule has 1 saturated heterocycles. The Labute approximate surface area is 109 Å². The van der Waals surface area contributed by atoms with Crippen LogP contribution in [0.15, 0.2) is 30.3 Å². The lowest BCUT2D eigenvalue weighted by atomic mass is 10.2. The van der Waals surface area contributed by atoms with Crippen LogP contribution in [0.1, 0.15) is 5.56 Å². The van der Waals surface area contributed by atoms with Gasteiger partial charge in [-0.15, -0.1) is 0 Å². The number of ether oxygens (including phenoxy) is 1. The Balaban J connectivity index is 1.97. The van der Waals surface area contributed by atoms with Gasteiger partial charge >= 0.3 is 6.09 Å². The summed E-state index contributed by atoms with van der Waals surface area (Å²) in [6, 6.07) is 8.27. The maximum absolute atomic E-state index is 10.9. The molecular weight excluding hydrogens is 252 g/mol. The number of carboxylic acid groups (broad SMARTS) is 1. The normalized spacial score (nSPS) is 22.4. The molecule has 0 radical (unpaired) electrons. The molecule has 2 rings (SSSR count). The Morgan fingerprint density at radius 1 is 1.42 bits per heavy atom. The minimum Gasteiger partial charge on any atom is -0.465 e. The molecule has 0 saturated carbocycles. The molecule has 1 aliphatic rings. The number of benzene rings is 1. The molecule has 7 heteroatoms. The number of amides is 1. The molecule has 0 spiro atoms. The van der Waals surface area contributed by atoms with Crippen molar-refractivity contribution < 1.29 is 19.6 Å². The number of nitrogens with zero attached hydrogens (tertiary/aromatic N) is 2. The number of hydrogen-bond acceptors (Lipinski definition) is 4. The van der Waals surface area contributed by atoms with Crippen LogP contribution in [0.5, 0.6) is 0 Å². The molecule has 1 fully saturated rings. The Morgan fingerprint density at radius 2 is 2.11 bits per heavy atom. The van der Waals surface area contributed by atoms with E-state index in [1.165, 1.54) is 0 Å². The number of hydrogen-bond donors (Lipinski definition) is 1. The highest BCUT2D eigenvalue weighted by Crippen LogP contribution is 2.18. The Morgan fingerprint density at radius 3 is 2.68 bits per heavy atom. The minimum absolute atomic E-state index is 0.0355. The zero-order valence-corrected chi connectivity index (χ0v) is 10.1. The summed E-state index contributed by atoms with van der Waals surface area (Å²) in [5, 5.41) is 19.8. The van der Waals surface area contributed by atoms with Gasteiger partial charge in [-0.1, -0.05) is 30.3 Å². The van der Waals surface area contributed by atoms with Crippen LogP contribution in [0, 0.1) is 10.1 Å². The van der Waals surface area contributed by atoms with Gasteiger partial charge in [-0.3, -0.25) is 15.0 Å². The predicted molar refractivity (Wildman–Crippen MR) is 65.4 cm³/mol. The first-order valence-corrected chi connectivity index (χ1v) is 5.85. The first-order chi connectivity index (χ1) is 9.08. The van der Waals surface area contributed by atoms with E-state index < -0.39 is 23.2 Å². The van der Waals surface area contributed by atoms with Crippen molar-refractivity contribution in [2.24, 2.45) is 0 Å². The van der Waals surface area contributed by atoms with E-state index in [-0.39, 0.29) is 19.7 Å². The summed E-state index contributed by atoms with van der Waals surface area (Å²) in [5.74, 6) is 0. The summed E-state index contributed by atoms with van der Waals surface area (Å²) in [7, 11) is 0. The van der Waals surface area contributed by atoms with Crippen molar-refractivity contribution in [3.8, 4) is 0 Å². The summed E-state index contributed by atoms with van der Waals surface area (Å²) in [5.41, 5.74) is 0.901. The largest absolute Gasteiger partial charge is 0.465 e. The van der Waals surface area contributed by atoms with E-state index in [4.69, 9.17) is 9.84 Å². The lowest BCUT2D eigenvalue weighted by molar-refractivity contribution is -0.528. The topological polar surface area (TPSA) is 92.9 Å². The molecule has 0 bridgehead atoms. The van der Waals surface area contributed by atoms with Gasteiger partial charge in [-0.05, 0) is 5.56 Å². The molecule has 2 atom stereocenters. The predicted octanol–water partition coefficient (Wildman–Crippen LogP) is 1.21. The van der Waals surface area contributed by atoms with E-state index in [1.54, 1.807) is 0 Å². The van der Waals surface area contributed by atoms with Crippen molar-refractivity contribution >= 4 is 6.09 Å². The third kappa shape index (κ3) is 3.19. The fourth-order valence-electron chi connectivity index (χ4n) is 2.06. The van der Waals surface area contributed by atoms with Gasteiger partial charge in [0.15, 0.2) is 0 Å². The van der Waals surface area contributed by atoms with Crippen LogP contribution in [-0.4, -0.2) is 46.3 Å². The standard InChI is InChI=1S/C12H14N2O5/c15-12(16)13-6-10(14(17)18)11(7-13)19-8-9-4-2-1-3-5-9/h1-5,10-11H,6-8H2,(H,15,16). The summed E-state index contributed by atoms with van der Waals surface area (Å²) < 4.78 is 5.50. The van der Waals surface area contributed by atoms with Crippen molar-refractivity contribution in [3.05, 3.63) is 46.0 Å². The lowest BCUT2D eigenvalue weighted by Crippen LogP contribution is -2.34. The Bertz CT molecular complexity index is 464. The van der Waals surface area contributed by atoms with Gasteiger partial charge in [-0.25, -0.2) is 4.79 Å². The smallest absolute Gasteiger partial charge is 0.407 e. The van der Waals surface area contributed by atoms with Crippen molar-refractivity contribution in [1.29, 1.82) is 0 Å². The van der Waals surface area contributed by atoms with Gasteiger partial charge in [0.2, 0.25) is 0 Å².